The van der Waals surface area contributed by atoms with Crippen LogP contribution in [-0.2, 0) is 0 Å². The van der Waals surface area contributed by atoms with Gasteiger partial charge < -0.3 is 15.1 Å². The summed E-state index contributed by atoms with van der Waals surface area (Å²) in [7, 11) is 2.27. The van der Waals surface area contributed by atoms with E-state index in [1.54, 1.807) is 4.90 Å². The molecule has 3 aromatic rings. The van der Waals surface area contributed by atoms with E-state index >= 15 is 0 Å². The van der Waals surface area contributed by atoms with Gasteiger partial charge in [0.05, 0.1) is 44.7 Å². The summed E-state index contributed by atoms with van der Waals surface area (Å²) in [6, 6.07) is 28.1. The van der Waals surface area contributed by atoms with E-state index in [0.717, 1.165) is 37.4 Å². The molecule has 1 saturated heterocycles. The molecular formula is C27H28N3O+. The highest BCUT2D eigenvalue weighted by molar-refractivity contribution is 5.71. The zero-order chi connectivity index (χ0) is 20.8. The highest BCUT2D eigenvalue weighted by Crippen LogP contribution is 2.47. The predicted octanol–water partition coefficient (Wildman–Crippen LogP) is 3.65. The first-order chi connectivity index (χ1) is 15.2. The molecule has 6 rings (SSSR count). The Hall–Kier alpha value is -3.08. The first kappa shape index (κ1) is 18.7. The third kappa shape index (κ3) is 3.14. The number of rotatable bonds is 2. The number of quaternary nitrogens is 1. The van der Waals surface area contributed by atoms with E-state index in [1.807, 2.05) is 0 Å². The largest absolute Gasteiger partial charge is 0.470 e. The molecule has 4 heteroatoms. The van der Waals surface area contributed by atoms with Gasteiger partial charge in [-0.05, 0) is 28.8 Å². The topological polar surface area (TPSA) is 28.9 Å². The first-order valence-electron chi connectivity index (χ1n) is 11.2. The lowest BCUT2D eigenvalue weighted by atomic mass is 9.93. The lowest BCUT2D eigenvalue weighted by Gasteiger charge is -2.50. The Morgan fingerprint density at radius 3 is 2.26 bits per heavy atom. The van der Waals surface area contributed by atoms with Gasteiger partial charge in [0, 0.05) is 5.56 Å². The Bertz CT molecular complexity index is 1110. The molecule has 0 saturated carbocycles. The number of piperidine rings is 1. The summed E-state index contributed by atoms with van der Waals surface area (Å²) in [6.07, 6.45) is 4.40. The van der Waals surface area contributed by atoms with Crippen LogP contribution in [0, 0.1) is 0 Å². The number of benzene rings is 3. The van der Waals surface area contributed by atoms with Gasteiger partial charge in [0.1, 0.15) is 5.75 Å². The molecule has 3 aliphatic rings. The van der Waals surface area contributed by atoms with E-state index in [2.05, 4.69) is 102 Å². The minimum absolute atomic E-state index is 0.187. The zero-order valence-electron chi connectivity index (χ0n) is 17.8. The van der Waals surface area contributed by atoms with Gasteiger partial charge in [0.15, 0.2) is 5.72 Å². The van der Waals surface area contributed by atoms with Gasteiger partial charge in [0.25, 0.3) is 0 Å². The number of nitrogens with zero attached hydrogens (tertiary/aromatic N) is 1. The standard InChI is InChI=1S/C27H27N3O/c1-29-17-15-27(16-18-29)30-25(23-9-5-6-10-26(23)31-27)19-24(28-30)22-13-11-21(12-14-22)20-7-3-2-4-8-20/h2-14,19,25,28H,15-18H2,1H3/p+1/t25-/m1/s1. The van der Waals surface area contributed by atoms with Crippen molar-refractivity contribution in [1.29, 1.82) is 0 Å². The maximum Gasteiger partial charge on any atom is 0.191 e. The third-order valence-corrected chi connectivity index (χ3v) is 7.01. The van der Waals surface area contributed by atoms with Crippen molar-refractivity contribution in [3.05, 3.63) is 96.1 Å². The van der Waals surface area contributed by atoms with Crippen molar-refractivity contribution in [3.63, 3.8) is 0 Å². The van der Waals surface area contributed by atoms with Crippen molar-refractivity contribution in [2.75, 3.05) is 20.1 Å². The SMILES string of the molecule is C[NH+]1CCC2(CC1)Oc1ccccc1[C@H]1C=C(c3ccc(-c4ccccc4)cc3)NN12. The summed E-state index contributed by atoms with van der Waals surface area (Å²) in [6.45, 7) is 2.24. The monoisotopic (exact) mass is 410 g/mol. The lowest BCUT2D eigenvalue weighted by molar-refractivity contribution is -0.888. The van der Waals surface area contributed by atoms with Gasteiger partial charge in [0.2, 0.25) is 0 Å². The van der Waals surface area contributed by atoms with Crippen LogP contribution >= 0.6 is 0 Å². The van der Waals surface area contributed by atoms with E-state index in [4.69, 9.17) is 4.74 Å². The van der Waals surface area contributed by atoms with E-state index in [1.165, 1.54) is 22.3 Å². The van der Waals surface area contributed by atoms with Gasteiger partial charge >= 0.3 is 0 Å². The average molecular weight is 411 g/mol. The van der Waals surface area contributed by atoms with Crippen LogP contribution in [0.2, 0.25) is 0 Å². The second-order valence-corrected chi connectivity index (χ2v) is 8.99. The van der Waals surface area contributed by atoms with Crippen molar-refractivity contribution in [2.45, 2.75) is 24.6 Å². The summed E-state index contributed by atoms with van der Waals surface area (Å²) in [5.74, 6) is 1.03. The van der Waals surface area contributed by atoms with E-state index in [9.17, 15) is 0 Å². The highest BCUT2D eigenvalue weighted by atomic mass is 16.5. The van der Waals surface area contributed by atoms with Crippen molar-refractivity contribution in [1.82, 2.24) is 10.4 Å². The molecule has 1 fully saturated rings. The Morgan fingerprint density at radius 2 is 1.48 bits per heavy atom. The molecule has 0 unspecified atom stereocenters. The fraction of sp³-hybridized carbons (Fsp3) is 0.259. The van der Waals surface area contributed by atoms with Crippen LogP contribution < -0.4 is 15.1 Å². The fourth-order valence-electron chi connectivity index (χ4n) is 5.17. The van der Waals surface area contributed by atoms with Crippen LogP contribution in [0.15, 0.2) is 84.9 Å². The van der Waals surface area contributed by atoms with Crippen LogP contribution in [0.1, 0.15) is 30.0 Å². The number of hydrazine groups is 1. The molecule has 3 aromatic carbocycles. The first-order valence-corrected chi connectivity index (χ1v) is 11.2. The molecule has 0 amide bonds. The molecule has 0 aliphatic carbocycles. The van der Waals surface area contributed by atoms with Crippen molar-refractivity contribution in [3.8, 4) is 16.9 Å². The molecule has 156 valence electrons. The molecule has 2 N–H and O–H groups in total. The second kappa shape index (κ2) is 7.26. The van der Waals surface area contributed by atoms with Crippen molar-refractivity contribution in [2.24, 2.45) is 0 Å². The Kier molecular flexibility index (Phi) is 4.37. The second-order valence-electron chi connectivity index (χ2n) is 8.99. The van der Waals surface area contributed by atoms with Crippen LogP contribution in [0.5, 0.6) is 5.75 Å². The number of hydrogen-bond acceptors (Lipinski definition) is 3. The molecule has 0 aromatic heterocycles. The zero-order valence-corrected chi connectivity index (χ0v) is 17.8. The van der Waals surface area contributed by atoms with Gasteiger partial charge in [-0.15, -0.1) is 0 Å². The van der Waals surface area contributed by atoms with Crippen LogP contribution in [0.3, 0.4) is 0 Å². The van der Waals surface area contributed by atoms with Gasteiger partial charge in [-0.3, -0.25) is 0 Å². The number of para-hydroxylation sites is 1. The molecule has 0 bridgehead atoms. The summed E-state index contributed by atoms with van der Waals surface area (Å²) >= 11 is 0. The molecular weight excluding hydrogens is 382 g/mol. The minimum atomic E-state index is -0.291. The van der Waals surface area contributed by atoms with E-state index < -0.39 is 0 Å². The Balaban J connectivity index is 1.35. The smallest absolute Gasteiger partial charge is 0.191 e. The number of hydrogen-bond donors (Lipinski definition) is 2. The summed E-state index contributed by atoms with van der Waals surface area (Å²) in [5.41, 5.74) is 9.55. The van der Waals surface area contributed by atoms with Crippen molar-refractivity contribution < 1.29 is 9.64 Å². The normalized spacial score (nSPS) is 27.1. The maximum atomic E-state index is 6.70. The van der Waals surface area contributed by atoms with Crippen LogP contribution in [-0.4, -0.2) is 30.9 Å². The predicted molar refractivity (Wildman–Crippen MR) is 123 cm³/mol. The van der Waals surface area contributed by atoms with E-state index in [-0.39, 0.29) is 11.8 Å². The highest BCUT2D eigenvalue weighted by Gasteiger charge is 2.52. The number of fused-ring (bicyclic) bond motifs is 4. The minimum Gasteiger partial charge on any atom is -0.470 e. The molecule has 4 nitrogen and oxygen atoms in total. The summed E-state index contributed by atoms with van der Waals surface area (Å²) < 4.78 is 6.70. The van der Waals surface area contributed by atoms with Gasteiger partial charge in [-0.2, -0.15) is 5.01 Å². The quantitative estimate of drug-likeness (QED) is 0.676. The molecule has 1 atom stereocenters. The Labute approximate surface area is 183 Å². The summed E-state index contributed by atoms with van der Waals surface area (Å²) in [5, 5.41) is 2.38. The van der Waals surface area contributed by atoms with Crippen molar-refractivity contribution >= 4 is 5.70 Å². The molecule has 1 spiro atoms. The number of nitrogens with one attached hydrogen (secondary N) is 2. The van der Waals surface area contributed by atoms with E-state index in [0.29, 0.717) is 0 Å². The summed E-state index contributed by atoms with van der Waals surface area (Å²) in [4.78, 5) is 1.58. The molecule has 3 heterocycles. The molecule has 31 heavy (non-hydrogen) atoms. The van der Waals surface area contributed by atoms with Gasteiger partial charge in [-0.25, -0.2) is 0 Å². The number of ether oxygens (including phenoxy) is 1. The molecule has 0 radical (unpaired) electrons. The fourth-order valence-corrected chi connectivity index (χ4v) is 5.17. The maximum absolute atomic E-state index is 6.70. The number of likely N-dealkylation sites (tertiary alicyclic amines) is 1. The Morgan fingerprint density at radius 1 is 0.839 bits per heavy atom. The average Bonchev–Trinajstić information content (AvgIpc) is 3.29. The van der Waals surface area contributed by atoms with Crippen LogP contribution in [0.4, 0.5) is 0 Å². The molecule has 3 aliphatic heterocycles. The van der Waals surface area contributed by atoms with Gasteiger partial charge in [-0.1, -0.05) is 72.8 Å². The van der Waals surface area contributed by atoms with Crippen LogP contribution in [0.25, 0.3) is 16.8 Å². The lowest BCUT2D eigenvalue weighted by Crippen LogP contribution is -3.11. The third-order valence-electron chi connectivity index (χ3n) is 7.01.